The molecule has 0 aliphatic rings. The highest BCUT2D eigenvalue weighted by Crippen LogP contribution is 2.07. The van der Waals surface area contributed by atoms with Gasteiger partial charge in [-0.2, -0.15) is 4.73 Å². The van der Waals surface area contributed by atoms with Gasteiger partial charge in [-0.3, -0.25) is 19.3 Å². The molecule has 2 aromatic rings. The third-order valence-corrected chi connectivity index (χ3v) is 3.12. The van der Waals surface area contributed by atoms with Crippen LogP contribution in [0.1, 0.15) is 17.3 Å². The molecular weight excluding hydrogens is 280 g/mol. The van der Waals surface area contributed by atoms with Crippen molar-refractivity contribution in [1.29, 1.82) is 5.41 Å². The summed E-state index contributed by atoms with van der Waals surface area (Å²) in [5.41, 5.74) is -2.33. The molecule has 0 saturated carbocycles. The van der Waals surface area contributed by atoms with Gasteiger partial charge in [0.15, 0.2) is 11.1 Å². The summed E-state index contributed by atoms with van der Waals surface area (Å²) in [6.45, 7) is 1.69. The molecule has 0 saturated heterocycles. The lowest BCUT2D eigenvalue weighted by molar-refractivity contribution is 0.0517. The Morgan fingerprint density at radius 1 is 1.33 bits per heavy atom. The van der Waals surface area contributed by atoms with E-state index in [9.17, 15) is 19.6 Å². The van der Waals surface area contributed by atoms with Crippen molar-refractivity contribution in [2.24, 2.45) is 14.1 Å². The molecule has 0 unspecified atom stereocenters. The van der Waals surface area contributed by atoms with E-state index in [2.05, 4.69) is 0 Å². The Kier molecular flexibility index (Phi) is 3.42. The number of nitrogens with zero attached hydrogens (tertiary/aromatic N) is 3. The molecule has 9 heteroatoms. The normalized spacial score (nSPS) is 10.8. The summed E-state index contributed by atoms with van der Waals surface area (Å²) in [7, 11) is 2.63. The molecule has 0 aromatic carbocycles. The van der Waals surface area contributed by atoms with E-state index in [1.165, 1.54) is 14.1 Å². The monoisotopic (exact) mass is 294 g/mol. The molecule has 0 aliphatic heterocycles. The first kappa shape index (κ1) is 14.6. The number of hydrogen-bond donors (Lipinski definition) is 2. The fraction of sp³-hybridized carbons (Fsp3) is 0.333. The van der Waals surface area contributed by atoms with E-state index in [0.717, 1.165) is 15.2 Å². The van der Waals surface area contributed by atoms with Crippen LogP contribution in [0.25, 0.3) is 11.0 Å². The predicted octanol–water partition coefficient (Wildman–Crippen LogP) is -1.07. The number of carbonyl (C=O) groups excluding carboxylic acids is 1. The van der Waals surface area contributed by atoms with E-state index in [1.807, 2.05) is 0 Å². The Bertz CT molecular complexity index is 918. The Morgan fingerprint density at radius 3 is 2.52 bits per heavy atom. The highest BCUT2D eigenvalue weighted by molar-refractivity contribution is 5.92. The van der Waals surface area contributed by atoms with Crippen molar-refractivity contribution in [3.63, 3.8) is 0 Å². The summed E-state index contributed by atoms with van der Waals surface area (Å²) in [5.74, 6) is -0.830. The average Bonchev–Trinajstić information content (AvgIpc) is 2.45. The number of nitrogens with one attached hydrogen (secondary N) is 1. The van der Waals surface area contributed by atoms with E-state index in [1.54, 1.807) is 6.92 Å². The van der Waals surface area contributed by atoms with Crippen LogP contribution in [0.4, 0.5) is 0 Å². The van der Waals surface area contributed by atoms with Gasteiger partial charge in [0, 0.05) is 14.1 Å². The molecule has 2 rings (SSSR count). The molecule has 112 valence electrons. The zero-order valence-electron chi connectivity index (χ0n) is 11.7. The van der Waals surface area contributed by atoms with Gasteiger partial charge >= 0.3 is 11.7 Å². The van der Waals surface area contributed by atoms with Crippen molar-refractivity contribution >= 4 is 17.0 Å². The maximum absolute atomic E-state index is 12.1. The first-order valence-electron chi connectivity index (χ1n) is 6.08. The van der Waals surface area contributed by atoms with Gasteiger partial charge in [-0.15, -0.1) is 0 Å². The molecule has 0 spiro atoms. The van der Waals surface area contributed by atoms with Crippen LogP contribution < -0.4 is 16.7 Å². The number of aromatic nitrogens is 3. The summed E-state index contributed by atoms with van der Waals surface area (Å²) in [6.07, 6.45) is 0. The summed E-state index contributed by atoms with van der Waals surface area (Å²) >= 11 is 0. The Hall–Kier alpha value is -2.84. The quantitative estimate of drug-likeness (QED) is 0.540. The van der Waals surface area contributed by atoms with Gasteiger partial charge in [0.1, 0.15) is 5.56 Å². The third-order valence-electron chi connectivity index (χ3n) is 3.12. The van der Waals surface area contributed by atoms with Gasteiger partial charge in [0.05, 0.1) is 12.0 Å². The van der Waals surface area contributed by atoms with Gasteiger partial charge in [-0.1, -0.05) is 0 Å². The van der Waals surface area contributed by atoms with Crippen molar-refractivity contribution in [1.82, 2.24) is 13.9 Å². The first-order valence-corrected chi connectivity index (χ1v) is 6.08. The van der Waals surface area contributed by atoms with E-state index < -0.39 is 22.7 Å². The minimum atomic E-state index is -0.830. The maximum atomic E-state index is 12.1. The topological polar surface area (TPSA) is 119 Å². The van der Waals surface area contributed by atoms with Gasteiger partial charge in [0.25, 0.3) is 5.56 Å². The molecule has 2 N–H and O–H groups in total. The van der Waals surface area contributed by atoms with Crippen molar-refractivity contribution in [2.45, 2.75) is 6.92 Å². The molecule has 2 aromatic heterocycles. The Balaban J connectivity index is 3.03. The second-order valence-corrected chi connectivity index (χ2v) is 4.38. The number of pyridine rings is 1. The zero-order chi connectivity index (χ0) is 15.9. The van der Waals surface area contributed by atoms with Crippen LogP contribution >= 0.6 is 0 Å². The summed E-state index contributed by atoms with van der Waals surface area (Å²) in [6, 6.07) is 1.14. The van der Waals surface area contributed by atoms with Gasteiger partial charge < -0.3 is 9.94 Å². The Morgan fingerprint density at radius 2 is 1.95 bits per heavy atom. The second-order valence-electron chi connectivity index (χ2n) is 4.38. The minimum Gasteiger partial charge on any atom is -0.462 e. The van der Waals surface area contributed by atoms with Crippen LogP contribution in [0.5, 0.6) is 0 Å². The van der Waals surface area contributed by atoms with Crippen LogP contribution in [0.3, 0.4) is 0 Å². The van der Waals surface area contributed by atoms with Crippen LogP contribution in [0, 0.1) is 5.41 Å². The lowest BCUT2D eigenvalue weighted by Gasteiger charge is -2.12. The van der Waals surface area contributed by atoms with Crippen LogP contribution in [-0.4, -0.2) is 31.6 Å². The largest absolute Gasteiger partial charge is 0.462 e. The fourth-order valence-electron chi connectivity index (χ4n) is 2.04. The number of aryl methyl sites for hydroxylation is 1. The maximum Gasteiger partial charge on any atom is 0.342 e. The van der Waals surface area contributed by atoms with Crippen molar-refractivity contribution < 1.29 is 14.7 Å². The molecule has 0 radical (unpaired) electrons. The SMILES string of the molecule is CCOC(=O)c1cc2c(=O)n(C)c(=O)n(C)c2n(O)c1=N. The number of esters is 1. The molecule has 9 nitrogen and oxygen atoms in total. The molecule has 0 atom stereocenters. The second kappa shape index (κ2) is 4.93. The number of ether oxygens (including phenoxy) is 1. The summed E-state index contributed by atoms with van der Waals surface area (Å²) in [5, 5.41) is 17.7. The summed E-state index contributed by atoms with van der Waals surface area (Å²) in [4.78, 5) is 35.7. The highest BCUT2D eigenvalue weighted by atomic mass is 16.5. The van der Waals surface area contributed by atoms with Crippen LogP contribution in [0.15, 0.2) is 15.7 Å². The zero-order valence-corrected chi connectivity index (χ0v) is 11.7. The number of carbonyl (C=O) groups is 1. The van der Waals surface area contributed by atoms with E-state index in [4.69, 9.17) is 10.1 Å². The summed E-state index contributed by atoms with van der Waals surface area (Å²) < 4.78 is 6.97. The third kappa shape index (κ3) is 2.02. The lowest BCUT2D eigenvalue weighted by Crippen LogP contribution is -2.40. The molecular formula is C12H14N4O5. The highest BCUT2D eigenvalue weighted by Gasteiger charge is 2.19. The molecule has 0 fully saturated rings. The average molecular weight is 294 g/mol. The van der Waals surface area contributed by atoms with Crippen molar-refractivity contribution in [3.8, 4) is 0 Å². The molecule has 0 bridgehead atoms. The van der Waals surface area contributed by atoms with E-state index in [0.29, 0.717) is 4.73 Å². The van der Waals surface area contributed by atoms with Crippen molar-refractivity contribution in [3.05, 3.63) is 38.0 Å². The number of hydrogen-bond acceptors (Lipinski definition) is 6. The smallest absolute Gasteiger partial charge is 0.342 e. The van der Waals surface area contributed by atoms with Crippen molar-refractivity contribution in [2.75, 3.05) is 6.61 Å². The molecule has 0 aliphatic carbocycles. The lowest BCUT2D eigenvalue weighted by atomic mass is 10.2. The Labute approximate surface area is 117 Å². The first-order chi connectivity index (χ1) is 9.81. The predicted molar refractivity (Wildman–Crippen MR) is 71.4 cm³/mol. The van der Waals surface area contributed by atoms with Crippen LogP contribution in [0.2, 0.25) is 0 Å². The minimum absolute atomic E-state index is 0.0684. The number of fused-ring (bicyclic) bond motifs is 1. The van der Waals surface area contributed by atoms with Gasteiger partial charge in [-0.05, 0) is 13.0 Å². The van der Waals surface area contributed by atoms with E-state index in [-0.39, 0.29) is 23.2 Å². The van der Waals surface area contributed by atoms with Crippen LogP contribution in [-0.2, 0) is 18.8 Å². The molecule has 2 heterocycles. The van der Waals surface area contributed by atoms with E-state index >= 15 is 0 Å². The fourth-order valence-corrected chi connectivity index (χ4v) is 2.04. The molecule has 21 heavy (non-hydrogen) atoms. The van der Waals surface area contributed by atoms with Gasteiger partial charge in [0.2, 0.25) is 0 Å². The van der Waals surface area contributed by atoms with Gasteiger partial charge in [-0.25, -0.2) is 9.59 Å². The standard InChI is InChI=1S/C12H14N4O5/c1-4-21-11(18)6-5-7-9(16(20)8(6)13)14(2)12(19)15(3)10(7)17/h5,13,20H,4H2,1-3H3. The molecule has 0 amide bonds. The number of rotatable bonds is 2.